The molecule has 94 valence electrons. The highest BCUT2D eigenvalue weighted by molar-refractivity contribution is 5.66. The molecule has 2 atom stereocenters. The van der Waals surface area contributed by atoms with Crippen LogP contribution in [0.4, 0.5) is 0 Å². The summed E-state index contributed by atoms with van der Waals surface area (Å²) in [4.78, 5) is 10.4. The first-order valence-corrected chi connectivity index (χ1v) is 6.13. The summed E-state index contributed by atoms with van der Waals surface area (Å²) in [6.07, 6.45) is 5.34. The van der Waals surface area contributed by atoms with Crippen LogP contribution >= 0.6 is 0 Å². The van der Waals surface area contributed by atoms with Crippen LogP contribution in [-0.2, 0) is 14.3 Å². The summed E-state index contributed by atoms with van der Waals surface area (Å²) >= 11 is 0. The molecule has 4 heteroatoms. The summed E-state index contributed by atoms with van der Waals surface area (Å²) in [6.45, 7) is 3.44. The maximum atomic E-state index is 10.4. The fourth-order valence-electron chi connectivity index (χ4n) is 1.89. The Kier molecular flexibility index (Phi) is 6.42. The number of hydrogen-bond donors (Lipinski definition) is 1. The van der Waals surface area contributed by atoms with Crippen LogP contribution in [-0.4, -0.2) is 30.6 Å². The van der Waals surface area contributed by atoms with Crippen LogP contribution in [0.5, 0.6) is 0 Å². The summed E-state index contributed by atoms with van der Waals surface area (Å²) in [5.74, 6) is -0.489. The molecule has 0 aliphatic carbocycles. The highest BCUT2D eigenvalue weighted by Crippen LogP contribution is 2.15. The van der Waals surface area contributed by atoms with E-state index in [4.69, 9.17) is 14.6 Å². The van der Waals surface area contributed by atoms with E-state index >= 15 is 0 Å². The van der Waals surface area contributed by atoms with Gasteiger partial charge in [0, 0.05) is 19.6 Å². The minimum absolute atomic E-state index is 0.0245. The number of rotatable bonds is 7. The van der Waals surface area contributed by atoms with Crippen LogP contribution in [0.2, 0.25) is 0 Å². The van der Waals surface area contributed by atoms with Crippen LogP contribution in [0.25, 0.3) is 0 Å². The number of carboxylic acid groups (broad SMARTS) is 1. The van der Waals surface area contributed by atoms with Crippen molar-refractivity contribution in [3.05, 3.63) is 0 Å². The SMILES string of the molecule is C[C@H](CCCO[C@@H]1CCCCO1)CC(=O)O. The van der Waals surface area contributed by atoms with Gasteiger partial charge in [-0.15, -0.1) is 0 Å². The second-order valence-electron chi connectivity index (χ2n) is 4.51. The zero-order valence-electron chi connectivity index (χ0n) is 9.98. The van der Waals surface area contributed by atoms with Gasteiger partial charge in [-0.3, -0.25) is 4.79 Å². The summed E-state index contributed by atoms with van der Waals surface area (Å²) < 4.78 is 11.0. The lowest BCUT2D eigenvalue weighted by molar-refractivity contribution is -0.163. The monoisotopic (exact) mass is 230 g/mol. The van der Waals surface area contributed by atoms with E-state index in [-0.39, 0.29) is 18.6 Å². The molecule has 1 aliphatic heterocycles. The van der Waals surface area contributed by atoms with Gasteiger partial charge in [0.05, 0.1) is 0 Å². The van der Waals surface area contributed by atoms with Crippen molar-refractivity contribution in [3.63, 3.8) is 0 Å². The molecule has 4 nitrogen and oxygen atoms in total. The van der Waals surface area contributed by atoms with Gasteiger partial charge in [-0.1, -0.05) is 6.92 Å². The Hall–Kier alpha value is -0.610. The number of carbonyl (C=O) groups is 1. The van der Waals surface area contributed by atoms with Crippen LogP contribution < -0.4 is 0 Å². The van der Waals surface area contributed by atoms with Crippen molar-refractivity contribution < 1.29 is 19.4 Å². The fourth-order valence-corrected chi connectivity index (χ4v) is 1.89. The molecule has 0 aromatic heterocycles. The van der Waals surface area contributed by atoms with Gasteiger partial charge in [-0.05, 0) is 38.0 Å². The van der Waals surface area contributed by atoms with Crippen molar-refractivity contribution in [3.8, 4) is 0 Å². The molecule has 0 amide bonds. The topological polar surface area (TPSA) is 55.8 Å². The highest BCUT2D eigenvalue weighted by atomic mass is 16.7. The number of carboxylic acids is 1. The van der Waals surface area contributed by atoms with Crippen molar-refractivity contribution in [1.29, 1.82) is 0 Å². The Bertz CT molecular complexity index is 199. The first kappa shape index (κ1) is 13.5. The molecule has 1 heterocycles. The smallest absolute Gasteiger partial charge is 0.303 e. The molecule has 0 aromatic carbocycles. The van der Waals surface area contributed by atoms with Crippen molar-refractivity contribution >= 4 is 5.97 Å². The predicted octanol–water partition coefficient (Wildman–Crippen LogP) is 2.42. The molecule has 1 aliphatic rings. The van der Waals surface area contributed by atoms with Gasteiger partial charge in [-0.25, -0.2) is 0 Å². The second-order valence-corrected chi connectivity index (χ2v) is 4.51. The van der Waals surface area contributed by atoms with Crippen LogP contribution in [0, 0.1) is 5.92 Å². The van der Waals surface area contributed by atoms with Gasteiger partial charge in [0.25, 0.3) is 0 Å². The molecular weight excluding hydrogens is 208 g/mol. The van der Waals surface area contributed by atoms with Crippen LogP contribution in [0.1, 0.15) is 45.4 Å². The van der Waals surface area contributed by atoms with E-state index < -0.39 is 5.97 Å². The van der Waals surface area contributed by atoms with E-state index in [0.717, 1.165) is 32.3 Å². The van der Waals surface area contributed by atoms with E-state index in [9.17, 15) is 4.79 Å². The summed E-state index contributed by atoms with van der Waals surface area (Å²) in [5.41, 5.74) is 0. The van der Waals surface area contributed by atoms with Crippen molar-refractivity contribution in [1.82, 2.24) is 0 Å². The number of hydrogen-bond acceptors (Lipinski definition) is 3. The zero-order chi connectivity index (χ0) is 11.8. The molecule has 0 saturated carbocycles. The quantitative estimate of drug-likeness (QED) is 0.682. The van der Waals surface area contributed by atoms with Gasteiger partial charge < -0.3 is 14.6 Å². The van der Waals surface area contributed by atoms with Gasteiger partial charge in [0.2, 0.25) is 0 Å². The molecule has 0 bridgehead atoms. The highest BCUT2D eigenvalue weighted by Gasteiger charge is 2.14. The number of aliphatic carboxylic acids is 1. The Morgan fingerprint density at radius 1 is 1.56 bits per heavy atom. The molecule has 1 rings (SSSR count). The lowest BCUT2D eigenvalue weighted by Gasteiger charge is -2.22. The third-order valence-electron chi connectivity index (χ3n) is 2.81. The molecule has 1 saturated heterocycles. The fraction of sp³-hybridized carbons (Fsp3) is 0.917. The first-order chi connectivity index (χ1) is 7.68. The zero-order valence-corrected chi connectivity index (χ0v) is 9.98. The maximum absolute atomic E-state index is 10.4. The number of ether oxygens (including phenoxy) is 2. The minimum atomic E-state index is -0.718. The normalized spacial score (nSPS) is 22.9. The molecule has 16 heavy (non-hydrogen) atoms. The van der Waals surface area contributed by atoms with Gasteiger partial charge >= 0.3 is 5.97 Å². The average molecular weight is 230 g/mol. The van der Waals surface area contributed by atoms with Crippen LogP contribution in [0.15, 0.2) is 0 Å². The van der Waals surface area contributed by atoms with Gasteiger partial charge in [0.15, 0.2) is 6.29 Å². The molecule has 0 aromatic rings. The Morgan fingerprint density at radius 3 is 3.00 bits per heavy atom. The van der Waals surface area contributed by atoms with E-state index in [2.05, 4.69) is 0 Å². The summed E-state index contributed by atoms with van der Waals surface area (Å²) in [5, 5.41) is 8.59. The molecule has 1 N–H and O–H groups in total. The van der Waals surface area contributed by atoms with Gasteiger partial charge in [-0.2, -0.15) is 0 Å². The Labute approximate surface area is 96.9 Å². The van der Waals surface area contributed by atoms with E-state index in [1.165, 1.54) is 6.42 Å². The molecule has 0 spiro atoms. The molecule has 0 radical (unpaired) electrons. The average Bonchev–Trinajstić information content (AvgIpc) is 2.25. The maximum Gasteiger partial charge on any atom is 0.303 e. The molecular formula is C12H22O4. The lowest BCUT2D eigenvalue weighted by atomic mass is 10.0. The van der Waals surface area contributed by atoms with Crippen molar-refractivity contribution in [2.24, 2.45) is 5.92 Å². The lowest BCUT2D eigenvalue weighted by Crippen LogP contribution is -2.22. The second kappa shape index (κ2) is 7.63. The Balaban J connectivity index is 1.96. The Morgan fingerprint density at radius 2 is 2.38 bits per heavy atom. The van der Waals surface area contributed by atoms with E-state index in [1.54, 1.807) is 0 Å². The molecule has 1 fully saturated rings. The third-order valence-corrected chi connectivity index (χ3v) is 2.81. The minimum Gasteiger partial charge on any atom is -0.481 e. The van der Waals surface area contributed by atoms with Crippen molar-refractivity contribution in [2.75, 3.05) is 13.2 Å². The van der Waals surface area contributed by atoms with E-state index in [0.29, 0.717) is 6.61 Å². The van der Waals surface area contributed by atoms with Crippen LogP contribution in [0.3, 0.4) is 0 Å². The van der Waals surface area contributed by atoms with E-state index in [1.807, 2.05) is 6.92 Å². The third kappa shape index (κ3) is 6.08. The largest absolute Gasteiger partial charge is 0.481 e. The first-order valence-electron chi connectivity index (χ1n) is 6.13. The standard InChI is InChI=1S/C12H22O4/c1-10(9-11(13)14)5-4-8-16-12-6-2-3-7-15-12/h10,12H,2-9H2,1H3,(H,13,14)/t10-,12-/m1/s1. The predicted molar refractivity (Wildman–Crippen MR) is 60.2 cm³/mol. The summed E-state index contributed by atoms with van der Waals surface area (Å²) in [7, 11) is 0. The van der Waals surface area contributed by atoms with Crippen molar-refractivity contribution in [2.45, 2.75) is 51.7 Å². The summed E-state index contributed by atoms with van der Waals surface area (Å²) in [6, 6.07) is 0. The molecule has 0 unspecified atom stereocenters. The van der Waals surface area contributed by atoms with Gasteiger partial charge in [0.1, 0.15) is 0 Å².